The average Bonchev–Trinajstić information content (AvgIpc) is 3.13. The van der Waals surface area contributed by atoms with Gasteiger partial charge in [0.05, 0.1) is 11.1 Å². The number of aromatic hydroxyl groups is 4. The smallest absolute Gasteiger partial charge is 0.330 e. The number of hydrogen-bond acceptors (Lipinski definition) is 13. The van der Waals surface area contributed by atoms with Gasteiger partial charge in [-0.15, -0.1) is 0 Å². The molecule has 0 aliphatic heterocycles. The number of carbonyl (C=O) groups excluding carboxylic acids is 5. The Morgan fingerprint density at radius 3 is 1.42 bits per heavy atom. The van der Waals surface area contributed by atoms with E-state index in [1.54, 1.807) is 13.8 Å². The monoisotopic (exact) mass is 802 g/mol. The van der Waals surface area contributed by atoms with E-state index < -0.39 is 94.8 Å². The Labute approximate surface area is 326 Å². The van der Waals surface area contributed by atoms with Gasteiger partial charge in [0.25, 0.3) is 11.8 Å². The summed E-state index contributed by atoms with van der Waals surface area (Å²) in [6.07, 6.45) is -1.49. The summed E-state index contributed by atoms with van der Waals surface area (Å²) in [7, 11) is 0. The lowest BCUT2D eigenvalue weighted by Gasteiger charge is -2.28. The molecule has 2 aromatic carbocycles. The standard InChI is InChI=1S/C35H50N10O12/c1-16(2)24(44-30(52)20(10-6-14-40-34(36)37)42-28(50)18-8-4-12-22(46)26(18)48)33(56)57-17(3)25(32(54)55)45-31(53)21(11-7-15-41-35(38)39)43-29(51)19-9-5-13-23(47)27(19)49/h4-5,8-9,12-13,16-17,20-21,24-25,46-49H,6-7,10-11,14-15H2,1-3H3,(H,42,50)(H,43,51)(H,44,52)(H,45,53)(H,54,55)(H4,36,37,40)(H4,38,39,41)/t17-,20+,21+,24+,25?/m1/s1. The molecule has 0 radical (unpaired) electrons. The van der Waals surface area contributed by atoms with Gasteiger partial charge >= 0.3 is 11.9 Å². The molecule has 0 fully saturated rings. The van der Waals surface area contributed by atoms with Gasteiger partial charge in [-0.3, -0.25) is 29.2 Å². The summed E-state index contributed by atoms with van der Waals surface area (Å²) in [6, 6.07) is 1.11. The molecule has 0 aromatic heterocycles. The Bertz CT molecular complexity index is 1830. The van der Waals surface area contributed by atoms with Crippen LogP contribution in [0.4, 0.5) is 0 Å². The Morgan fingerprint density at radius 2 is 1.05 bits per heavy atom. The predicted octanol–water partition coefficient (Wildman–Crippen LogP) is -1.84. The molecule has 0 aliphatic carbocycles. The maximum Gasteiger partial charge on any atom is 0.330 e. The molecule has 0 bridgehead atoms. The minimum Gasteiger partial charge on any atom is -0.504 e. The van der Waals surface area contributed by atoms with E-state index in [9.17, 15) is 54.3 Å². The molecular formula is C35H50N10O12. The number of benzene rings is 2. The van der Waals surface area contributed by atoms with Crippen LogP contribution in [0, 0.1) is 5.92 Å². The Hall–Kier alpha value is -7.00. The SMILES string of the molecule is CC(C)[C@H](NC(=O)[C@H](CCCN=C(N)N)NC(=O)c1cccc(O)c1O)C(=O)O[C@H](C)C(NC(=O)[C@H](CCCN=C(N)N)NC(=O)c1cccc(O)c1O)C(=O)O. The van der Waals surface area contributed by atoms with Gasteiger partial charge in [0, 0.05) is 13.1 Å². The van der Waals surface area contributed by atoms with Crippen LogP contribution in [0.5, 0.6) is 23.0 Å². The number of phenols is 4. The normalized spacial score (nSPS) is 13.4. The maximum absolute atomic E-state index is 13.6. The number of hydrogen-bond donors (Lipinski definition) is 13. The van der Waals surface area contributed by atoms with E-state index in [0.29, 0.717) is 0 Å². The number of carbonyl (C=O) groups is 6. The number of ether oxygens (including phenoxy) is 1. The number of amides is 4. The van der Waals surface area contributed by atoms with Crippen molar-refractivity contribution in [1.82, 2.24) is 21.3 Å². The van der Waals surface area contributed by atoms with Crippen LogP contribution in [0.25, 0.3) is 0 Å². The first-order valence-corrected chi connectivity index (χ1v) is 17.5. The van der Waals surface area contributed by atoms with Gasteiger partial charge in [-0.05, 0) is 62.8 Å². The van der Waals surface area contributed by atoms with Crippen LogP contribution >= 0.6 is 0 Å². The van der Waals surface area contributed by atoms with Gasteiger partial charge < -0.3 is 74.5 Å². The maximum atomic E-state index is 13.6. The highest BCUT2D eigenvalue weighted by atomic mass is 16.5. The van der Waals surface area contributed by atoms with Gasteiger partial charge in [0.1, 0.15) is 24.2 Å². The molecule has 17 N–H and O–H groups in total. The number of nitrogens with two attached hydrogens (primary N) is 4. The molecule has 4 amide bonds. The van der Waals surface area contributed by atoms with E-state index in [-0.39, 0.29) is 61.8 Å². The summed E-state index contributed by atoms with van der Waals surface area (Å²) in [6.45, 7) is 4.35. The quantitative estimate of drug-likeness (QED) is 0.0217. The van der Waals surface area contributed by atoms with Crippen LogP contribution < -0.4 is 44.2 Å². The lowest BCUT2D eigenvalue weighted by molar-refractivity contribution is -0.160. The van der Waals surface area contributed by atoms with Gasteiger partial charge in [-0.1, -0.05) is 26.0 Å². The highest BCUT2D eigenvalue weighted by Gasteiger charge is 2.36. The zero-order valence-electron chi connectivity index (χ0n) is 31.5. The Kier molecular flexibility index (Phi) is 17.6. The number of phenolic OH excluding ortho intramolecular Hbond substituents is 4. The van der Waals surface area contributed by atoms with E-state index in [1.165, 1.54) is 31.2 Å². The fourth-order valence-electron chi connectivity index (χ4n) is 5.16. The average molecular weight is 803 g/mol. The fourth-order valence-corrected chi connectivity index (χ4v) is 5.16. The first-order chi connectivity index (χ1) is 26.7. The van der Waals surface area contributed by atoms with Crippen molar-refractivity contribution in [3.8, 4) is 23.0 Å². The van der Waals surface area contributed by atoms with Crippen LogP contribution in [-0.4, -0.2) is 116 Å². The Morgan fingerprint density at radius 1 is 0.649 bits per heavy atom. The number of aliphatic carboxylic acids is 1. The van der Waals surface area contributed by atoms with Crippen LogP contribution in [-0.2, 0) is 23.9 Å². The molecule has 0 spiro atoms. The molecule has 57 heavy (non-hydrogen) atoms. The number of aliphatic imine (C=N–C) groups is 2. The van der Waals surface area contributed by atoms with Crippen molar-refractivity contribution in [2.24, 2.45) is 38.8 Å². The van der Waals surface area contributed by atoms with E-state index in [1.807, 2.05) is 0 Å². The van der Waals surface area contributed by atoms with Gasteiger partial charge in [-0.2, -0.15) is 0 Å². The van der Waals surface area contributed by atoms with Gasteiger partial charge in [0.2, 0.25) is 11.8 Å². The van der Waals surface area contributed by atoms with Crippen molar-refractivity contribution in [2.45, 2.75) is 76.7 Å². The predicted molar refractivity (Wildman–Crippen MR) is 204 cm³/mol. The molecule has 0 heterocycles. The van der Waals surface area contributed by atoms with Crippen molar-refractivity contribution >= 4 is 47.5 Å². The fraction of sp³-hybridized carbons (Fsp3) is 0.429. The molecule has 0 aliphatic rings. The van der Waals surface area contributed by atoms with Crippen molar-refractivity contribution < 1.29 is 59.0 Å². The van der Waals surface area contributed by atoms with E-state index >= 15 is 0 Å². The second-order valence-electron chi connectivity index (χ2n) is 13.0. The van der Waals surface area contributed by atoms with E-state index in [4.69, 9.17) is 27.7 Å². The summed E-state index contributed by atoms with van der Waals surface area (Å²) >= 11 is 0. The largest absolute Gasteiger partial charge is 0.504 e. The van der Waals surface area contributed by atoms with Crippen molar-refractivity contribution in [3.05, 3.63) is 47.5 Å². The number of carboxylic acid groups (broad SMARTS) is 1. The van der Waals surface area contributed by atoms with E-state index in [2.05, 4.69) is 31.3 Å². The van der Waals surface area contributed by atoms with Crippen molar-refractivity contribution in [1.29, 1.82) is 0 Å². The Balaban J connectivity index is 2.27. The molecule has 2 aromatic rings. The van der Waals surface area contributed by atoms with Crippen LogP contribution in [0.1, 0.15) is 67.2 Å². The molecule has 1 unspecified atom stereocenters. The third-order valence-electron chi connectivity index (χ3n) is 8.21. The third kappa shape index (κ3) is 14.3. The number of nitrogens with one attached hydrogen (secondary N) is 4. The van der Waals surface area contributed by atoms with Crippen LogP contribution in [0.3, 0.4) is 0 Å². The van der Waals surface area contributed by atoms with Gasteiger partial charge in [0.15, 0.2) is 41.0 Å². The van der Waals surface area contributed by atoms with Crippen LogP contribution in [0.2, 0.25) is 0 Å². The molecule has 2 rings (SSSR count). The number of guanidine groups is 2. The van der Waals surface area contributed by atoms with Crippen molar-refractivity contribution in [3.63, 3.8) is 0 Å². The molecular weight excluding hydrogens is 752 g/mol. The molecule has 312 valence electrons. The first-order valence-electron chi connectivity index (χ1n) is 17.5. The topological polar surface area (TPSA) is 390 Å². The van der Waals surface area contributed by atoms with Crippen molar-refractivity contribution in [2.75, 3.05) is 13.1 Å². The first kappa shape index (κ1) is 46.2. The zero-order valence-corrected chi connectivity index (χ0v) is 31.5. The molecule has 5 atom stereocenters. The second-order valence-corrected chi connectivity index (χ2v) is 13.0. The summed E-state index contributed by atoms with van der Waals surface area (Å²) < 4.78 is 5.43. The highest BCUT2D eigenvalue weighted by molar-refractivity contribution is 6.01. The number of carboxylic acids is 1. The molecule has 0 saturated heterocycles. The minimum atomic E-state index is -1.89. The number of nitrogens with zero attached hydrogens (tertiary/aromatic N) is 2. The van der Waals surface area contributed by atoms with E-state index in [0.717, 1.165) is 12.1 Å². The summed E-state index contributed by atoms with van der Waals surface area (Å²) in [5, 5.41) is 59.6. The summed E-state index contributed by atoms with van der Waals surface area (Å²) in [4.78, 5) is 86.6. The number of esters is 1. The van der Waals surface area contributed by atoms with Gasteiger partial charge in [-0.25, -0.2) is 9.59 Å². The second kappa shape index (κ2) is 21.8. The summed E-state index contributed by atoms with van der Waals surface area (Å²) in [5.74, 6) is -10.4. The zero-order chi connectivity index (χ0) is 43.0. The lowest BCUT2D eigenvalue weighted by Crippen LogP contribution is -2.57. The molecule has 22 nitrogen and oxygen atoms in total. The van der Waals surface area contributed by atoms with Crippen LogP contribution in [0.15, 0.2) is 46.4 Å². The minimum absolute atomic E-state index is 0.0250. The number of para-hydroxylation sites is 2. The number of rotatable bonds is 21. The lowest BCUT2D eigenvalue weighted by atomic mass is 10.0. The summed E-state index contributed by atoms with van der Waals surface area (Å²) in [5.41, 5.74) is 20.7. The highest BCUT2D eigenvalue weighted by Crippen LogP contribution is 2.29. The molecule has 22 heteroatoms. The third-order valence-corrected chi connectivity index (χ3v) is 8.21. The molecule has 0 saturated carbocycles.